The van der Waals surface area contributed by atoms with E-state index in [1.54, 1.807) is 6.92 Å². The Morgan fingerprint density at radius 1 is 0.920 bits per heavy atom. The Morgan fingerprint density at radius 3 is 2.40 bits per heavy atom. The van der Waals surface area contributed by atoms with Gasteiger partial charge >= 0.3 is 0 Å². The van der Waals surface area contributed by atoms with Crippen LogP contribution in [0.5, 0.6) is 5.75 Å². The number of ether oxygens (including phenoxy) is 1. The van der Waals surface area contributed by atoms with Crippen molar-refractivity contribution in [1.82, 2.24) is 0 Å². The fourth-order valence-corrected chi connectivity index (χ4v) is 2.64. The third kappa shape index (κ3) is 4.27. The van der Waals surface area contributed by atoms with Gasteiger partial charge in [-0.25, -0.2) is 0 Å². The normalized spacial score (nSPS) is 11.6. The Bertz CT molecular complexity index is 859. The Labute approximate surface area is 148 Å². The van der Waals surface area contributed by atoms with Gasteiger partial charge in [0.2, 0.25) is 0 Å². The molecule has 3 aromatic carbocycles. The minimum Gasteiger partial charge on any atom is -0.481 e. The molecule has 0 aliphatic rings. The number of para-hydroxylation sites is 1. The summed E-state index contributed by atoms with van der Waals surface area (Å²) in [4.78, 5) is 12.5. The van der Waals surface area contributed by atoms with Gasteiger partial charge in [-0.05, 0) is 43.2 Å². The monoisotopic (exact) mass is 331 g/mol. The number of benzene rings is 3. The van der Waals surface area contributed by atoms with Crippen molar-refractivity contribution in [2.75, 3.05) is 5.32 Å². The van der Waals surface area contributed by atoms with E-state index >= 15 is 0 Å². The van der Waals surface area contributed by atoms with Crippen molar-refractivity contribution in [2.24, 2.45) is 0 Å². The lowest BCUT2D eigenvalue weighted by Gasteiger charge is -2.17. The number of aryl methyl sites for hydroxylation is 1. The van der Waals surface area contributed by atoms with Crippen molar-refractivity contribution in [1.29, 1.82) is 0 Å². The maximum atomic E-state index is 12.5. The molecular weight excluding hydrogens is 310 g/mol. The minimum atomic E-state index is -0.592. The molecule has 0 saturated heterocycles. The summed E-state index contributed by atoms with van der Waals surface area (Å²) in [7, 11) is 0. The largest absolute Gasteiger partial charge is 0.481 e. The van der Waals surface area contributed by atoms with Gasteiger partial charge in [-0.2, -0.15) is 0 Å². The molecule has 1 atom stereocenters. The molecule has 0 spiro atoms. The zero-order valence-electron chi connectivity index (χ0n) is 14.4. The van der Waals surface area contributed by atoms with E-state index in [2.05, 4.69) is 5.32 Å². The Hall–Kier alpha value is -3.07. The summed E-state index contributed by atoms with van der Waals surface area (Å²) in [5.74, 6) is 0.517. The fourth-order valence-electron chi connectivity index (χ4n) is 2.64. The molecule has 0 fully saturated rings. The topological polar surface area (TPSA) is 38.3 Å². The van der Waals surface area contributed by atoms with E-state index in [-0.39, 0.29) is 5.91 Å². The van der Waals surface area contributed by atoms with Gasteiger partial charge < -0.3 is 10.1 Å². The summed E-state index contributed by atoms with van der Waals surface area (Å²) >= 11 is 0. The zero-order valence-corrected chi connectivity index (χ0v) is 14.4. The molecule has 0 unspecified atom stereocenters. The predicted octanol–water partition coefficient (Wildman–Crippen LogP) is 5.07. The molecular formula is C22H21NO2. The van der Waals surface area contributed by atoms with Crippen molar-refractivity contribution in [2.45, 2.75) is 20.0 Å². The highest BCUT2D eigenvalue weighted by Crippen LogP contribution is 2.27. The molecule has 0 bridgehead atoms. The molecule has 0 aromatic heterocycles. The number of amides is 1. The van der Waals surface area contributed by atoms with Gasteiger partial charge in [-0.1, -0.05) is 60.7 Å². The molecule has 0 radical (unpaired) electrons. The van der Waals surface area contributed by atoms with Gasteiger partial charge in [0.1, 0.15) is 5.75 Å². The van der Waals surface area contributed by atoms with E-state index in [1.807, 2.05) is 85.8 Å². The highest BCUT2D eigenvalue weighted by Gasteiger charge is 2.16. The average molecular weight is 331 g/mol. The minimum absolute atomic E-state index is 0.176. The van der Waals surface area contributed by atoms with E-state index in [0.717, 1.165) is 22.4 Å². The van der Waals surface area contributed by atoms with Gasteiger partial charge in [0, 0.05) is 11.3 Å². The van der Waals surface area contributed by atoms with E-state index in [1.165, 1.54) is 0 Å². The van der Waals surface area contributed by atoms with Crippen molar-refractivity contribution in [3.8, 4) is 16.9 Å². The predicted molar refractivity (Wildman–Crippen MR) is 102 cm³/mol. The molecule has 0 aliphatic heterocycles. The first-order chi connectivity index (χ1) is 12.1. The van der Waals surface area contributed by atoms with E-state index in [4.69, 9.17) is 4.74 Å². The number of anilines is 1. The van der Waals surface area contributed by atoms with Crippen molar-refractivity contribution < 1.29 is 9.53 Å². The van der Waals surface area contributed by atoms with E-state index in [9.17, 15) is 4.79 Å². The second-order valence-electron chi connectivity index (χ2n) is 5.98. The summed E-state index contributed by atoms with van der Waals surface area (Å²) in [6, 6.07) is 25.5. The number of hydrogen-bond donors (Lipinski definition) is 1. The third-order valence-electron chi connectivity index (χ3n) is 3.94. The van der Waals surface area contributed by atoms with Crippen LogP contribution in [0.1, 0.15) is 12.5 Å². The van der Waals surface area contributed by atoms with Crippen molar-refractivity contribution in [3.05, 3.63) is 84.4 Å². The molecule has 3 rings (SSSR count). The quantitative estimate of drug-likeness (QED) is 0.709. The second-order valence-corrected chi connectivity index (χ2v) is 5.98. The molecule has 0 aliphatic carbocycles. The van der Waals surface area contributed by atoms with Gasteiger partial charge in [0.05, 0.1) is 0 Å². The Balaban J connectivity index is 1.75. The molecule has 3 aromatic rings. The number of carbonyl (C=O) groups is 1. The van der Waals surface area contributed by atoms with Crippen LogP contribution in [0, 0.1) is 6.92 Å². The summed E-state index contributed by atoms with van der Waals surface area (Å²) in [6.45, 7) is 3.75. The smallest absolute Gasteiger partial charge is 0.265 e. The lowest BCUT2D eigenvalue weighted by atomic mass is 10.0. The molecule has 3 nitrogen and oxygen atoms in total. The Morgan fingerprint density at radius 2 is 1.64 bits per heavy atom. The molecule has 25 heavy (non-hydrogen) atoms. The molecule has 0 saturated carbocycles. The summed E-state index contributed by atoms with van der Waals surface area (Å²) in [5.41, 5.74) is 3.92. The molecule has 3 heteroatoms. The maximum Gasteiger partial charge on any atom is 0.265 e. The van der Waals surface area contributed by atoms with Crippen LogP contribution in [0.25, 0.3) is 11.1 Å². The lowest BCUT2D eigenvalue weighted by molar-refractivity contribution is -0.122. The van der Waals surface area contributed by atoms with Gasteiger partial charge in [0.25, 0.3) is 5.91 Å². The molecule has 1 amide bonds. The van der Waals surface area contributed by atoms with Crippen LogP contribution in [0.4, 0.5) is 5.69 Å². The van der Waals surface area contributed by atoms with Crippen molar-refractivity contribution >= 4 is 11.6 Å². The van der Waals surface area contributed by atoms with E-state index < -0.39 is 6.10 Å². The van der Waals surface area contributed by atoms with Crippen LogP contribution in [-0.2, 0) is 4.79 Å². The molecule has 1 N–H and O–H groups in total. The fraction of sp³-hybridized carbons (Fsp3) is 0.136. The summed E-state index contributed by atoms with van der Waals surface area (Å²) < 4.78 is 5.76. The Kier molecular flexibility index (Phi) is 5.14. The highest BCUT2D eigenvalue weighted by atomic mass is 16.5. The van der Waals surface area contributed by atoms with Crippen LogP contribution in [0.2, 0.25) is 0 Å². The van der Waals surface area contributed by atoms with Crippen LogP contribution < -0.4 is 10.1 Å². The first kappa shape index (κ1) is 16.8. The van der Waals surface area contributed by atoms with Gasteiger partial charge in [-0.15, -0.1) is 0 Å². The average Bonchev–Trinajstić information content (AvgIpc) is 2.63. The second kappa shape index (κ2) is 7.67. The van der Waals surface area contributed by atoms with Crippen LogP contribution in [0.3, 0.4) is 0 Å². The first-order valence-corrected chi connectivity index (χ1v) is 8.32. The van der Waals surface area contributed by atoms with Crippen LogP contribution >= 0.6 is 0 Å². The van der Waals surface area contributed by atoms with Crippen LogP contribution in [-0.4, -0.2) is 12.0 Å². The number of hydrogen-bond acceptors (Lipinski definition) is 2. The molecule has 0 heterocycles. The molecule has 126 valence electrons. The maximum absolute atomic E-state index is 12.5. The van der Waals surface area contributed by atoms with Gasteiger partial charge in [0.15, 0.2) is 6.10 Å². The lowest BCUT2D eigenvalue weighted by Crippen LogP contribution is -2.30. The summed E-state index contributed by atoms with van der Waals surface area (Å²) in [5, 5.41) is 2.98. The number of rotatable bonds is 5. The van der Waals surface area contributed by atoms with Gasteiger partial charge in [-0.3, -0.25) is 4.79 Å². The summed E-state index contributed by atoms with van der Waals surface area (Å²) in [6.07, 6.45) is -0.592. The third-order valence-corrected chi connectivity index (χ3v) is 3.94. The van der Waals surface area contributed by atoms with Crippen LogP contribution in [0.15, 0.2) is 78.9 Å². The first-order valence-electron chi connectivity index (χ1n) is 8.32. The number of nitrogens with one attached hydrogen (secondary N) is 1. The SMILES string of the molecule is Cc1cccc(O[C@H](C)C(=O)Nc2ccccc2-c2ccccc2)c1. The van der Waals surface area contributed by atoms with Crippen molar-refractivity contribution in [3.63, 3.8) is 0 Å². The zero-order chi connectivity index (χ0) is 17.6. The standard InChI is InChI=1S/C22H21NO2/c1-16-9-8-12-19(15-16)25-17(2)22(24)23-21-14-7-6-13-20(21)18-10-4-3-5-11-18/h3-15,17H,1-2H3,(H,23,24)/t17-/m1/s1. The highest BCUT2D eigenvalue weighted by molar-refractivity contribution is 5.98. The number of carbonyl (C=O) groups excluding carboxylic acids is 1. The van der Waals surface area contributed by atoms with E-state index in [0.29, 0.717) is 5.75 Å².